The van der Waals surface area contributed by atoms with Crippen molar-refractivity contribution >= 4 is 29.0 Å². The molecule has 0 spiro atoms. The molecule has 4 rings (SSSR count). The van der Waals surface area contributed by atoms with Crippen molar-refractivity contribution in [3.63, 3.8) is 0 Å². The van der Waals surface area contributed by atoms with E-state index in [1.165, 1.54) is 11.5 Å². The molecule has 0 saturated heterocycles. The number of hydrogen-bond acceptors (Lipinski definition) is 9. The van der Waals surface area contributed by atoms with E-state index >= 15 is 0 Å². The number of aromatic amines is 1. The average molecular weight is 437 g/mol. The second kappa shape index (κ2) is 9.19. The van der Waals surface area contributed by atoms with Crippen LogP contribution in [-0.4, -0.2) is 54.4 Å². The van der Waals surface area contributed by atoms with Crippen molar-refractivity contribution in [1.82, 2.24) is 34.6 Å². The Balaban J connectivity index is 1.27. The molecule has 1 aliphatic heterocycles. The first-order valence-corrected chi connectivity index (χ1v) is 11.1. The van der Waals surface area contributed by atoms with E-state index in [0.717, 1.165) is 86.3 Å². The number of nitrogens with one attached hydrogen (secondary N) is 1. The summed E-state index contributed by atoms with van der Waals surface area (Å²) in [6.07, 6.45) is 5.16. The molecule has 0 saturated carbocycles. The zero-order valence-electron chi connectivity index (χ0n) is 16.7. The first-order valence-electron chi connectivity index (χ1n) is 9.97. The second-order valence-corrected chi connectivity index (χ2v) is 8.41. The summed E-state index contributed by atoms with van der Waals surface area (Å²) in [5, 5.41) is 8.55. The molecule has 3 aromatic rings. The molecule has 4 heterocycles. The summed E-state index contributed by atoms with van der Waals surface area (Å²) in [5.74, 6) is 2.25. The summed E-state index contributed by atoms with van der Waals surface area (Å²) >= 11 is 7.38. The Morgan fingerprint density at radius 3 is 2.90 bits per heavy atom. The Morgan fingerprint density at radius 1 is 1.21 bits per heavy atom. The van der Waals surface area contributed by atoms with E-state index in [1.54, 1.807) is 0 Å². The van der Waals surface area contributed by atoms with E-state index in [0.29, 0.717) is 11.2 Å². The summed E-state index contributed by atoms with van der Waals surface area (Å²) in [4.78, 5) is 17.7. The van der Waals surface area contributed by atoms with E-state index in [2.05, 4.69) is 46.4 Å². The van der Waals surface area contributed by atoms with Gasteiger partial charge in [-0.3, -0.25) is 4.90 Å². The highest BCUT2D eigenvalue weighted by Crippen LogP contribution is 2.27. The monoisotopic (exact) mass is 436 g/mol. The van der Waals surface area contributed by atoms with Gasteiger partial charge in [0, 0.05) is 26.1 Å². The van der Waals surface area contributed by atoms with Crippen molar-refractivity contribution in [2.75, 3.05) is 24.7 Å². The molecular formula is C18H25ClN8OS. The number of H-pyrrole nitrogens is 1. The number of halogens is 1. The van der Waals surface area contributed by atoms with Crippen LogP contribution in [0.2, 0.25) is 5.28 Å². The van der Waals surface area contributed by atoms with Crippen LogP contribution in [0.5, 0.6) is 0 Å². The third kappa shape index (κ3) is 4.76. The molecule has 1 aliphatic rings. The normalized spacial score (nSPS) is 14.5. The number of nitrogens with zero attached hydrogens (tertiary/aromatic N) is 7. The quantitative estimate of drug-likeness (QED) is 0.507. The summed E-state index contributed by atoms with van der Waals surface area (Å²) in [6.45, 7) is 7.83. The van der Waals surface area contributed by atoms with Crippen molar-refractivity contribution in [3.05, 3.63) is 22.5 Å². The van der Waals surface area contributed by atoms with Crippen LogP contribution in [0.3, 0.4) is 0 Å². The van der Waals surface area contributed by atoms with Crippen LogP contribution in [0.15, 0.2) is 4.52 Å². The van der Waals surface area contributed by atoms with Gasteiger partial charge in [-0.2, -0.15) is 4.98 Å². The van der Waals surface area contributed by atoms with Gasteiger partial charge in [0.2, 0.25) is 5.28 Å². The first-order chi connectivity index (χ1) is 14.1. The van der Waals surface area contributed by atoms with Gasteiger partial charge < -0.3 is 14.4 Å². The SMILES string of the molecule is CCCCN1CN(CCCCc2noc(-c3snnc3C)n2)Cc2[nH]c(Cl)nc21. The van der Waals surface area contributed by atoms with Crippen LogP contribution in [0.1, 0.15) is 49.8 Å². The average Bonchev–Trinajstić information content (AvgIpc) is 3.42. The van der Waals surface area contributed by atoms with Gasteiger partial charge >= 0.3 is 0 Å². The van der Waals surface area contributed by atoms with Crippen LogP contribution >= 0.6 is 23.1 Å². The van der Waals surface area contributed by atoms with Gasteiger partial charge in [0.25, 0.3) is 5.89 Å². The lowest BCUT2D eigenvalue weighted by Crippen LogP contribution is -2.43. The van der Waals surface area contributed by atoms with Gasteiger partial charge in [-0.25, -0.2) is 4.98 Å². The fraction of sp³-hybridized carbons (Fsp3) is 0.611. The van der Waals surface area contributed by atoms with E-state index in [9.17, 15) is 0 Å². The standard InChI is InChI=1S/C18H25ClN8OS/c1-3-4-9-27-11-26(10-13-16(27)22-18(19)20-13)8-6-5-7-14-21-17(28-24-14)15-12(2)23-25-29-15/h3-11H2,1-2H3,(H,20,22). The zero-order valence-corrected chi connectivity index (χ0v) is 18.3. The molecule has 3 aromatic heterocycles. The molecule has 0 aromatic carbocycles. The largest absolute Gasteiger partial charge is 0.342 e. The number of hydrogen-bond donors (Lipinski definition) is 1. The van der Waals surface area contributed by atoms with Gasteiger partial charge in [-0.05, 0) is 49.3 Å². The smallest absolute Gasteiger partial charge is 0.271 e. The van der Waals surface area contributed by atoms with E-state index in [4.69, 9.17) is 16.1 Å². The lowest BCUT2D eigenvalue weighted by atomic mass is 10.2. The summed E-state index contributed by atoms with van der Waals surface area (Å²) < 4.78 is 9.27. The van der Waals surface area contributed by atoms with Crippen LogP contribution in [-0.2, 0) is 13.0 Å². The Labute approximate surface area is 178 Å². The van der Waals surface area contributed by atoms with Gasteiger partial charge in [-0.15, -0.1) is 5.10 Å². The summed E-state index contributed by atoms with van der Waals surface area (Å²) in [5.41, 5.74) is 1.93. The van der Waals surface area contributed by atoms with Gasteiger partial charge in [0.1, 0.15) is 4.88 Å². The Morgan fingerprint density at radius 2 is 2.10 bits per heavy atom. The molecule has 156 valence electrons. The van der Waals surface area contributed by atoms with Crippen molar-refractivity contribution in [2.24, 2.45) is 0 Å². The third-order valence-electron chi connectivity index (χ3n) is 5.00. The minimum Gasteiger partial charge on any atom is -0.342 e. The Bertz CT molecular complexity index is 938. The van der Waals surface area contributed by atoms with Gasteiger partial charge in [0.05, 0.1) is 18.1 Å². The highest BCUT2D eigenvalue weighted by molar-refractivity contribution is 7.09. The molecule has 0 atom stereocenters. The predicted octanol–water partition coefficient (Wildman–Crippen LogP) is 3.68. The highest BCUT2D eigenvalue weighted by atomic mass is 35.5. The summed E-state index contributed by atoms with van der Waals surface area (Å²) in [7, 11) is 0. The maximum atomic E-state index is 6.10. The molecule has 0 amide bonds. The number of aryl methyl sites for hydroxylation is 2. The lowest BCUT2D eigenvalue weighted by Gasteiger charge is -2.35. The Kier molecular flexibility index (Phi) is 6.41. The molecule has 0 aliphatic carbocycles. The van der Waals surface area contributed by atoms with E-state index in [1.807, 2.05) is 6.92 Å². The second-order valence-electron chi connectivity index (χ2n) is 7.30. The maximum Gasteiger partial charge on any atom is 0.271 e. The molecule has 1 N–H and O–H groups in total. The van der Waals surface area contributed by atoms with Crippen LogP contribution < -0.4 is 4.90 Å². The minimum atomic E-state index is 0.470. The van der Waals surface area contributed by atoms with Crippen molar-refractivity contribution in [2.45, 2.75) is 52.5 Å². The molecule has 0 radical (unpaired) electrons. The van der Waals surface area contributed by atoms with Crippen LogP contribution in [0.4, 0.5) is 5.82 Å². The number of aromatic nitrogens is 6. The number of unbranched alkanes of at least 4 members (excludes halogenated alkanes) is 2. The topological polar surface area (TPSA) is 99.9 Å². The number of anilines is 1. The molecule has 11 heteroatoms. The van der Waals surface area contributed by atoms with Crippen LogP contribution in [0.25, 0.3) is 10.8 Å². The van der Waals surface area contributed by atoms with Crippen molar-refractivity contribution in [1.29, 1.82) is 0 Å². The predicted molar refractivity (Wildman–Crippen MR) is 112 cm³/mol. The molecule has 0 unspecified atom stereocenters. The molecule has 0 bridgehead atoms. The van der Waals surface area contributed by atoms with Crippen molar-refractivity contribution < 1.29 is 4.52 Å². The number of rotatable bonds is 9. The summed E-state index contributed by atoms with van der Waals surface area (Å²) in [6, 6.07) is 0. The van der Waals surface area contributed by atoms with Gasteiger partial charge in [0.15, 0.2) is 11.6 Å². The Hall–Kier alpha value is -2.04. The zero-order chi connectivity index (χ0) is 20.2. The van der Waals surface area contributed by atoms with Crippen molar-refractivity contribution in [3.8, 4) is 10.8 Å². The fourth-order valence-corrected chi connectivity index (χ4v) is 4.26. The molecule has 0 fully saturated rings. The lowest BCUT2D eigenvalue weighted by molar-refractivity contribution is 0.242. The van der Waals surface area contributed by atoms with E-state index in [-0.39, 0.29) is 0 Å². The molecule has 29 heavy (non-hydrogen) atoms. The van der Waals surface area contributed by atoms with E-state index < -0.39 is 0 Å². The van der Waals surface area contributed by atoms with Crippen LogP contribution in [0, 0.1) is 6.92 Å². The minimum absolute atomic E-state index is 0.470. The first kappa shape index (κ1) is 20.2. The molecule has 9 nitrogen and oxygen atoms in total. The maximum absolute atomic E-state index is 6.10. The fourth-order valence-electron chi connectivity index (χ4n) is 3.49. The van der Waals surface area contributed by atoms with Gasteiger partial charge in [-0.1, -0.05) is 23.0 Å². The number of imidazole rings is 1. The molecular weight excluding hydrogens is 412 g/mol. The number of fused-ring (bicyclic) bond motifs is 1. The highest BCUT2D eigenvalue weighted by Gasteiger charge is 2.25. The third-order valence-corrected chi connectivity index (χ3v) is 6.00.